The Morgan fingerprint density at radius 1 is 1.00 bits per heavy atom. The highest BCUT2D eigenvalue weighted by Gasteiger charge is 2.37. The van der Waals surface area contributed by atoms with Gasteiger partial charge in [0.15, 0.2) is 0 Å². The molecular formula is C11H8F6O2. The Balaban J connectivity index is 2.30. The van der Waals surface area contributed by atoms with E-state index in [9.17, 15) is 26.3 Å². The minimum atomic E-state index is -4.87. The largest absolute Gasteiger partial charge is 0.491 e. The van der Waals surface area contributed by atoms with Gasteiger partial charge in [0.1, 0.15) is 18.5 Å². The van der Waals surface area contributed by atoms with Crippen LogP contribution in [0.4, 0.5) is 26.3 Å². The predicted molar refractivity (Wildman–Crippen MR) is 51.7 cm³/mol. The van der Waals surface area contributed by atoms with Crippen molar-refractivity contribution < 1.29 is 35.8 Å². The molecule has 0 unspecified atom stereocenters. The number of rotatable bonds is 3. The molecule has 0 bridgehead atoms. The Hall–Kier alpha value is -1.44. The molecule has 0 aromatic heterocycles. The Morgan fingerprint density at radius 2 is 1.47 bits per heavy atom. The third-order valence-electron chi connectivity index (χ3n) is 2.40. The normalized spacial score (nSPS) is 19.4. The molecule has 0 saturated carbocycles. The number of hydrogen-bond acceptors (Lipinski definition) is 2. The molecule has 0 radical (unpaired) electrons. The predicted octanol–water partition coefficient (Wildman–Crippen LogP) is 3.50. The molecule has 0 amide bonds. The summed E-state index contributed by atoms with van der Waals surface area (Å²) in [5.41, 5.74) is -2.79. The zero-order valence-corrected chi connectivity index (χ0v) is 9.31. The standard InChI is InChI=1S/C11H8F6O2/c12-10(13,14)6-1-7(11(15,16)17)3-8(2-6)18-4-9-5-19-9/h1-3,9H,4-5H2/t9-/m0/s1. The summed E-state index contributed by atoms with van der Waals surface area (Å²) in [6.07, 6.45) is -9.99. The lowest BCUT2D eigenvalue weighted by Crippen LogP contribution is -2.12. The van der Waals surface area contributed by atoms with E-state index in [2.05, 4.69) is 0 Å². The van der Waals surface area contributed by atoms with Crippen LogP contribution in [-0.4, -0.2) is 19.3 Å². The highest BCUT2D eigenvalue weighted by atomic mass is 19.4. The van der Waals surface area contributed by atoms with Crippen LogP contribution >= 0.6 is 0 Å². The fraction of sp³-hybridized carbons (Fsp3) is 0.455. The second-order valence-electron chi connectivity index (χ2n) is 4.01. The van der Waals surface area contributed by atoms with Gasteiger partial charge in [-0.3, -0.25) is 0 Å². The van der Waals surface area contributed by atoms with Crippen LogP contribution in [0.15, 0.2) is 18.2 Å². The van der Waals surface area contributed by atoms with Crippen molar-refractivity contribution in [2.45, 2.75) is 18.5 Å². The van der Waals surface area contributed by atoms with Crippen molar-refractivity contribution in [3.05, 3.63) is 29.3 Å². The first-order chi connectivity index (χ1) is 8.66. The van der Waals surface area contributed by atoms with Crippen LogP contribution in [0.2, 0.25) is 0 Å². The molecule has 2 rings (SSSR count). The maximum atomic E-state index is 12.5. The summed E-state index contributed by atoms with van der Waals surface area (Å²) in [6.45, 7) is 0.323. The van der Waals surface area contributed by atoms with Gasteiger partial charge < -0.3 is 9.47 Å². The van der Waals surface area contributed by atoms with Crippen LogP contribution in [-0.2, 0) is 17.1 Å². The van der Waals surface area contributed by atoms with Crippen LogP contribution in [0.1, 0.15) is 11.1 Å². The van der Waals surface area contributed by atoms with Crippen molar-refractivity contribution in [1.82, 2.24) is 0 Å². The third kappa shape index (κ3) is 3.76. The lowest BCUT2D eigenvalue weighted by Gasteiger charge is -2.14. The monoisotopic (exact) mass is 286 g/mol. The van der Waals surface area contributed by atoms with Crippen LogP contribution in [0, 0.1) is 0 Å². The molecule has 1 atom stereocenters. The molecular weight excluding hydrogens is 278 g/mol. The highest BCUT2D eigenvalue weighted by molar-refractivity contribution is 5.37. The van der Waals surface area contributed by atoms with E-state index in [4.69, 9.17) is 9.47 Å². The molecule has 2 nitrogen and oxygen atoms in total. The van der Waals surface area contributed by atoms with Gasteiger partial charge in [-0.2, -0.15) is 26.3 Å². The lowest BCUT2D eigenvalue weighted by atomic mass is 10.1. The summed E-state index contributed by atoms with van der Waals surface area (Å²) in [5, 5.41) is 0. The van der Waals surface area contributed by atoms with Crippen molar-refractivity contribution in [2.75, 3.05) is 13.2 Å². The van der Waals surface area contributed by atoms with Crippen LogP contribution in [0.3, 0.4) is 0 Å². The van der Waals surface area contributed by atoms with Crippen LogP contribution < -0.4 is 4.74 Å². The Kier molecular flexibility index (Phi) is 3.38. The molecule has 0 spiro atoms. The molecule has 19 heavy (non-hydrogen) atoms. The molecule has 1 saturated heterocycles. The quantitative estimate of drug-likeness (QED) is 0.626. The minimum absolute atomic E-state index is 0.0560. The van der Waals surface area contributed by atoms with Crippen molar-refractivity contribution in [3.63, 3.8) is 0 Å². The topological polar surface area (TPSA) is 21.8 Å². The Bertz CT molecular complexity index is 429. The van der Waals surface area contributed by atoms with E-state index < -0.39 is 29.2 Å². The van der Waals surface area contributed by atoms with Gasteiger partial charge in [0, 0.05) is 0 Å². The van der Waals surface area contributed by atoms with Gasteiger partial charge in [0.05, 0.1) is 17.7 Å². The Morgan fingerprint density at radius 3 is 1.84 bits per heavy atom. The van der Waals surface area contributed by atoms with E-state index in [1.807, 2.05) is 0 Å². The van der Waals surface area contributed by atoms with Crippen LogP contribution in [0.25, 0.3) is 0 Å². The zero-order valence-electron chi connectivity index (χ0n) is 9.31. The minimum Gasteiger partial charge on any atom is -0.491 e. The van der Waals surface area contributed by atoms with E-state index in [0.717, 1.165) is 0 Å². The first-order valence-corrected chi connectivity index (χ1v) is 5.20. The number of epoxide rings is 1. The average Bonchev–Trinajstić information content (AvgIpc) is 3.07. The summed E-state index contributed by atoms with van der Waals surface area (Å²) >= 11 is 0. The van der Waals surface area contributed by atoms with Crippen molar-refractivity contribution >= 4 is 0 Å². The van der Waals surface area contributed by atoms with Gasteiger partial charge in [-0.05, 0) is 18.2 Å². The van der Waals surface area contributed by atoms with E-state index in [1.54, 1.807) is 0 Å². The molecule has 1 aromatic carbocycles. The van der Waals surface area contributed by atoms with Gasteiger partial charge in [-0.1, -0.05) is 0 Å². The SMILES string of the molecule is FC(F)(F)c1cc(OC[C@H]2CO2)cc(C(F)(F)F)c1. The summed E-state index contributed by atoms with van der Waals surface area (Å²) in [7, 11) is 0. The van der Waals surface area contributed by atoms with Crippen LogP contribution in [0.5, 0.6) is 5.75 Å². The molecule has 106 valence electrons. The number of hydrogen-bond donors (Lipinski definition) is 0. The molecule has 8 heteroatoms. The molecule has 1 fully saturated rings. The number of ether oxygens (including phenoxy) is 2. The van der Waals surface area contributed by atoms with Crippen molar-refractivity contribution in [3.8, 4) is 5.75 Å². The third-order valence-corrected chi connectivity index (χ3v) is 2.40. The van der Waals surface area contributed by atoms with Crippen molar-refractivity contribution in [1.29, 1.82) is 0 Å². The zero-order chi connectivity index (χ0) is 14.3. The Labute approximate surface area is 103 Å². The average molecular weight is 286 g/mol. The van der Waals surface area contributed by atoms with Crippen molar-refractivity contribution in [2.24, 2.45) is 0 Å². The highest BCUT2D eigenvalue weighted by Crippen LogP contribution is 2.38. The van der Waals surface area contributed by atoms with Gasteiger partial charge in [0.25, 0.3) is 0 Å². The second kappa shape index (κ2) is 4.59. The second-order valence-corrected chi connectivity index (χ2v) is 4.01. The number of alkyl halides is 6. The fourth-order valence-electron chi connectivity index (χ4n) is 1.36. The summed E-state index contributed by atoms with van der Waals surface area (Å²) < 4.78 is 84.6. The van der Waals surface area contributed by atoms with E-state index in [0.29, 0.717) is 18.7 Å². The first kappa shape index (κ1) is 14.0. The maximum absolute atomic E-state index is 12.5. The summed E-state index contributed by atoms with van der Waals surface area (Å²) in [5.74, 6) is -0.474. The van der Waals surface area contributed by atoms with Gasteiger partial charge in [-0.25, -0.2) is 0 Å². The van der Waals surface area contributed by atoms with E-state index in [1.165, 1.54) is 0 Å². The number of halogens is 6. The number of benzene rings is 1. The van der Waals surface area contributed by atoms with E-state index in [-0.39, 0.29) is 18.8 Å². The van der Waals surface area contributed by atoms with Gasteiger partial charge in [0.2, 0.25) is 0 Å². The molecule has 1 aliphatic heterocycles. The molecule has 0 aliphatic carbocycles. The van der Waals surface area contributed by atoms with E-state index >= 15 is 0 Å². The molecule has 1 aromatic rings. The summed E-state index contributed by atoms with van der Waals surface area (Å²) in [4.78, 5) is 0. The van der Waals surface area contributed by atoms with Gasteiger partial charge >= 0.3 is 12.4 Å². The molecule has 0 N–H and O–H groups in total. The molecule has 1 aliphatic rings. The lowest BCUT2D eigenvalue weighted by molar-refractivity contribution is -0.143. The smallest absolute Gasteiger partial charge is 0.416 e. The first-order valence-electron chi connectivity index (χ1n) is 5.20. The summed E-state index contributed by atoms with van der Waals surface area (Å²) in [6, 6.07) is 1.13. The molecule has 1 heterocycles. The van der Waals surface area contributed by atoms with Gasteiger partial charge in [-0.15, -0.1) is 0 Å². The maximum Gasteiger partial charge on any atom is 0.416 e. The fourth-order valence-corrected chi connectivity index (χ4v) is 1.36.